The first-order valence-corrected chi connectivity index (χ1v) is 8.64. The van der Waals surface area contributed by atoms with Gasteiger partial charge in [-0.2, -0.15) is 0 Å². The molecule has 2 heterocycles. The Labute approximate surface area is 133 Å². The summed E-state index contributed by atoms with van der Waals surface area (Å²) in [7, 11) is 0. The Kier molecular flexibility index (Phi) is 3.29. The minimum Gasteiger partial charge on any atom is -0.398 e. The first-order chi connectivity index (χ1) is 10.2. The van der Waals surface area contributed by atoms with Gasteiger partial charge in [-0.1, -0.05) is 12.8 Å². The zero-order valence-electron chi connectivity index (χ0n) is 12.1. The summed E-state index contributed by atoms with van der Waals surface area (Å²) in [6.07, 6.45) is 8.69. The van der Waals surface area contributed by atoms with Gasteiger partial charge in [0.1, 0.15) is 0 Å². The Morgan fingerprint density at radius 3 is 2.95 bits per heavy atom. The number of anilines is 2. The van der Waals surface area contributed by atoms with Crippen LogP contribution in [0.1, 0.15) is 32.1 Å². The molecule has 21 heavy (non-hydrogen) atoms. The number of benzene rings is 1. The van der Waals surface area contributed by atoms with Gasteiger partial charge in [-0.15, -0.1) is 0 Å². The van der Waals surface area contributed by atoms with Crippen molar-refractivity contribution in [3.63, 3.8) is 0 Å². The number of hydrogen-bond acceptors (Lipinski definition) is 3. The molecule has 110 valence electrons. The summed E-state index contributed by atoms with van der Waals surface area (Å²) in [4.78, 5) is 7.24. The van der Waals surface area contributed by atoms with E-state index in [0.717, 1.165) is 33.5 Å². The standard InChI is InChI=1S/C17H20BrN3/c18-12-9-13-14(19)5-6-16(17(13)20-10-12)21-8-7-11-3-1-2-4-15(11)21/h5-6,9-11,15H,1-4,7-8,19H2. The van der Waals surface area contributed by atoms with Gasteiger partial charge < -0.3 is 10.6 Å². The van der Waals surface area contributed by atoms with Crippen molar-refractivity contribution < 1.29 is 0 Å². The van der Waals surface area contributed by atoms with E-state index in [4.69, 9.17) is 5.73 Å². The SMILES string of the molecule is Nc1ccc(N2CCC3CCCCC32)c2ncc(Br)cc12. The predicted octanol–water partition coefficient (Wildman–Crippen LogP) is 4.35. The van der Waals surface area contributed by atoms with Crippen LogP contribution in [0.2, 0.25) is 0 Å². The average Bonchev–Trinajstić information content (AvgIpc) is 2.92. The molecule has 1 saturated carbocycles. The summed E-state index contributed by atoms with van der Waals surface area (Å²) in [5.41, 5.74) is 9.26. The Morgan fingerprint density at radius 2 is 2.05 bits per heavy atom. The third kappa shape index (κ3) is 2.20. The molecule has 2 N–H and O–H groups in total. The first kappa shape index (κ1) is 13.4. The molecule has 2 fully saturated rings. The maximum atomic E-state index is 6.15. The van der Waals surface area contributed by atoms with Crippen molar-refractivity contribution in [2.75, 3.05) is 17.2 Å². The molecule has 0 spiro atoms. The summed E-state index contributed by atoms with van der Waals surface area (Å²) < 4.78 is 0.982. The van der Waals surface area contributed by atoms with Crippen molar-refractivity contribution in [1.82, 2.24) is 4.98 Å². The third-order valence-electron chi connectivity index (χ3n) is 5.15. The normalized spacial score (nSPS) is 25.3. The molecule has 1 saturated heterocycles. The number of nitrogens with zero attached hydrogens (tertiary/aromatic N) is 2. The second-order valence-corrected chi connectivity index (χ2v) is 7.23. The molecule has 3 nitrogen and oxygen atoms in total. The Morgan fingerprint density at radius 1 is 1.19 bits per heavy atom. The van der Waals surface area contributed by atoms with Crippen LogP contribution in [0.3, 0.4) is 0 Å². The van der Waals surface area contributed by atoms with E-state index in [1.807, 2.05) is 12.3 Å². The Balaban J connectivity index is 1.82. The predicted molar refractivity (Wildman–Crippen MR) is 91.6 cm³/mol. The van der Waals surface area contributed by atoms with Gasteiger partial charge in [0.05, 0.1) is 11.2 Å². The third-order valence-corrected chi connectivity index (χ3v) is 5.58. The zero-order valence-corrected chi connectivity index (χ0v) is 13.6. The number of aromatic nitrogens is 1. The van der Waals surface area contributed by atoms with Crippen molar-refractivity contribution in [3.8, 4) is 0 Å². The Hall–Kier alpha value is -1.29. The second kappa shape index (κ2) is 5.16. The number of rotatable bonds is 1. The topological polar surface area (TPSA) is 42.1 Å². The van der Waals surface area contributed by atoms with E-state index in [-0.39, 0.29) is 0 Å². The fourth-order valence-corrected chi connectivity index (χ4v) is 4.47. The molecule has 4 rings (SSSR count). The monoisotopic (exact) mass is 345 g/mol. The van der Waals surface area contributed by atoms with Gasteiger partial charge in [0, 0.05) is 34.3 Å². The molecular formula is C17H20BrN3. The molecule has 2 aliphatic rings. The number of halogens is 1. The van der Waals surface area contributed by atoms with Crippen LogP contribution < -0.4 is 10.6 Å². The quantitative estimate of drug-likeness (QED) is 0.781. The highest BCUT2D eigenvalue weighted by atomic mass is 79.9. The van der Waals surface area contributed by atoms with Gasteiger partial charge in [0.15, 0.2) is 0 Å². The van der Waals surface area contributed by atoms with Crippen LogP contribution in [0.5, 0.6) is 0 Å². The first-order valence-electron chi connectivity index (χ1n) is 7.84. The summed E-state index contributed by atoms with van der Waals surface area (Å²) in [5, 5.41) is 1.06. The van der Waals surface area contributed by atoms with Crippen LogP contribution in [0.25, 0.3) is 10.9 Å². The molecule has 0 amide bonds. The molecular weight excluding hydrogens is 326 g/mol. The number of hydrogen-bond donors (Lipinski definition) is 1. The van der Waals surface area contributed by atoms with E-state index in [0.29, 0.717) is 6.04 Å². The molecule has 2 atom stereocenters. The van der Waals surface area contributed by atoms with Crippen LogP contribution in [-0.2, 0) is 0 Å². The van der Waals surface area contributed by atoms with Gasteiger partial charge >= 0.3 is 0 Å². The van der Waals surface area contributed by atoms with Gasteiger partial charge in [-0.25, -0.2) is 0 Å². The lowest BCUT2D eigenvalue weighted by molar-refractivity contribution is 0.342. The van der Waals surface area contributed by atoms with Crippen molar-refractivity contribution in [2.45, 2.75) is 38.1 Å². The van der Waals surface area contributed by atoms with Crippen molar-refractivity contribution in [1.29, 1.82) is 0 Å². The molecule has 2 aromatic rings. The van der Waals surface area contributed by atoms with E-state index in [2.05, 4.69) is 37.9 Å². The minimum atomic E-state index is 0.705. The summed E-state index contributed by atoms with van der Waals surface area (Å²) in [5.74, 6) is 0.877. The molecule has 0 bridgehead atoms. The number of fused-ring (bicyclic) bond motifs is 2. The molecule has 4 heteroatoms. The van der Waals surface area contributed by atoms with E-state index < -0.39 is 0 Å². The van der Waals surface area contributed by atoms with Crippen molar-refractivity contribution in [3.05, 3.63) is 28.9 Å². The summed E-state index contributed by atoms with van der Waals surface area (Å²) in [6, 6.07) is 6.98. The van der Waals surface area contributed by atoms with E-state index in [9.17, 15) is 0 Å². The van der Waals surface area contributed by atoms with E-state index in [1.165, 1.54) is 37.8 Å². The number of nitrogens with two attached hydrogens (primary N) is 1. The lowest BCUT2D eigenvalue weighted by Gasteiger charge is -2.33. The number of pyridine rings is 1. The fourth-order valence-electron chi connectivity index (χ4n) is 4.14. The van der Waals surface area contributed by atoms with Crippen LogP contribution in [0.4, 0.5) is 11.4 Å². The zero-order chi connectivity index (χ0) is 14.4. The minimum absolute atomic E-state index is 0.705. The average molecular weight is 346 g/mol. The molecule has 1 aromatic carbocycles. The number of nitrogen functional groups attached to an aromatic ring is 1. The van der Waals surface area contributed by atoms with Crippen molar-refractivity contribution in [2.24, 2.45) is 5.92 Å². The Bertz CT molecular complexity index is 685. The largest absolute Gasteiger partial charge is 0.398 e. The highest BCUT2D eigenvalue weighted by Gasteiger charge is 2.36. The van der Waals surface area contributed by atoms with Gasteiger partial charge in [-0.05, 0) is 59.3 Å². The summed E-state index contributed by atoms with van der Waals surface area (Å²) >= 11 is 3.50. The van der Waals surface area contributed by atoms with Crippen LogP contribution >= 0.6 is 15.9 Å². The van der Waals surface area contributed by atoms with Gasteiger partial charge in [0.25, 0.3) is 0 Å². The van der Waals surface area contributed by atoms with Crippen LogP contribution in [0.15, 0.2) is 28.9 Å². The molecule has 1 aliphatic carbocycles. The molecule has 1 aromatic heterocycles. The summed E-state index contributed by atoms with van der Waals surface area (Å²) in [6.45, 7) is 1.16. The molecule has 0 radical (unpaired) electrons. The van der Waals surface area contributed by atoms with Gasteiger partial charge in [0.2, 0.25) is 0 Å². The smallest absolute Gasteiger partial charge is 0.0956 e. The lowest BCUT2D eigenvalue weighted by atomic mass is 9.85. The highest BCUT2D eigenvalue weighted by molar-refractivity contribution is 9.10. The highest BCUT2D eigenvalue weighted by Crippen LogP contribution is 2.41. The molecule has 1 aliphatic heterocycles. The second-order valence-electron chi connectivity index (χ2n) is 6.32. The van der Waals surface area contributed by atoms with E-state index >= 15 is 0 Å². The lowest BCUT2D eigenvalue weighted by Crippen LogP contribution is -2.34. The van der Waals surface area contributed by atoms with Crippen molar-refractivity contribution >= 4 is 38.2 Å². The maximum absolute atomic E-state index is 6.15. The van der Waals surface area contributed by atoms with Crippen LogP contribution in [0, 0.1) is 5.92 Å². The van der Waals surface area contributed by atoms with Crippen LogP contribution in [-0.4, -0.2) is 17.6 Å². The fraction of sp³-hybridized carbons (Fsp3) is 0.471. The van der Waals surface area contributed by atoms with E-state index in [1.54, 1.807) is 0 Å². The van der Waals surface area contributed by atoms with Gasteiger partial charge in [-0.3, -0.25) is 4.98 Å². The maximum Gasteiger partial charge on any atom is 0.0956 e. The molecule has 2 unspecified atom stereocenters.